The van der Waals surface area contributed by atoms with E-state index in [0.29, 0.717) is 0 Å². The molecule has 1 aromatic carbocycles. The van der Waals surface area contributed by atoms with Crippen LogP contribution in [0.1, 0.15) is 31.2 Å². The van der Waals surface area contributed by atoms with Crippen molar-refractivity contribution in [3.63, 3.8) is 0 Å². The van der Waals surface area contributed by atoms with E-state index in [4.69, 9.17) is 9.47 Å². The van der Waals surface area contributed by atoms with Crippen LogP contribution in [0.15, 0.2) is 18.2 Å². The predicted molar refractivity (Wildman–Crippen MR) is 95.6 cm³/mol. The third-order valence-electron chi connectivity index (χ3n) is 6.46. The maximum atomic E-state index is 5.55. The fraction of sp³-hybridized carbons (Fsp3) is 0.700. The second-order valence-corrected chi connectivity index (χ2v) is 7.73. The van der Waals surface area contributed by atoms with Gasteiger partial charge in [0.25, 0.3) is 0 Å². The average molecular weight is 330 g/mol. The molecule has 2 saturated carbocycles. The average Bonchev–Trinajstić information content (AvgIpc) is 3.26. The molecule has 0 spiro atoms. The molecule has 132 valence electrons. The van der Waals surface area contributed by atoms with Crippen molar-refractivity contribution in [1.82, 2.24) is 9.80 Å². The van der Waals surface area contributed by atoms with Crippen LogP contribution in [0.2, 0.25) is 0 Å². The summed E-state index contributed by atoms with van der Waals surface area (Å²) in [6.45, 7) is 5.77. The van der Waals surface area contributed by atoms with Crippen molar-refractivity contribution in [3.05, 3.63) is 23.8 Å². The summed E-state index contributed by atoms with van der Waals surface area (Å²) in [6, 6.07) is 7.05. The Bertz CT molecular complexity index is 569. The number of benzene rings is 1. The number of hydrogen-bond donors (Lipinski definition) is 0. The van der Waals surface area contributed by atoms with Gasteiger partial charge in [-0.1, -0.05) is 12.5 Å². The summed E-state index contributed by atoms with van der Waals surface area (Å²) in [5.74, 6) is 3.84. The molecule has 0 N–H and O–H groups in total. The standard InChI is InChI=1S/C20H30N2O2/c1-23-18-6-5-17(20(13-18)24-2)14-21-7-9-22(10-8-21)19-12-15-3-4-16(19)11-15/h5-6,13,15-16,19H,3-4,7-12,14H2,1-2H3/t15-,16+,19+/m0/s1. The minimum absolute atomic E-state index is 0.858. The van der Waals surface area contributed by atoms with Gasteiger partial charge in [0.2, 0.25) is 0 Å². The molecule has 2 bridgehead atoms. The van der Waals surface area contributed by atoms with Gasteiger partial charge in [0, 0.05) is 50.4 Å². The molecule has 3 fully saturated rings. The van der Waals surface area contributed by atoms with Gasteiger partial charge in [-0.3, -0.25) is 9.80 Å². The Morgan fingerprint density at radius 1 is 1.00 bits per heavy atom. The van der Waals surface area contributed by atoms with Crippen LogP contribution in [0.4, 0.5) is 0 Å². The smallest absolute Gasteiger partial charge is 0.127 e. The van der Waals surface area contributed by atoms with Crippen LogP contribution >= 0.6 is 0 Å². The summed E-state index contributed by atoms with van der Waals surface area (Å²) in [4.78, 5) is 5.35. The number of hydrogen-bond acceptors (Lipinski definition) is 4. The zero-order valence-electron chi connectivity index (χ0n) is 15.0. The lowest BCUT2D eigenvalue weighted by Gasteiger charge is -2.41. The first kappa shape index (κ1) is 16.2. The molecule has 24 heavy (non-hydrogen) atoms. The van der Waals surface area contributed by atoms with Crippen molar-refractivity contribution in [3.8, 4) is 11.5 Å². The lowest BCUT2D eigenvalue weighted by Crippen LogP contribution is -2.51. The second-order valence-electron chi connectivity index (χ2n) is 7.73. The zero-order chi connectivity index (χ0) is 16.5. The summed E-state index contributed by atoms with van der Waals surface area (Å²) >= 11 is 0. The third kappa shape index (κ3) is 3.14. The van der Waals surface area contributed by atoms with Gasteiger partial charge < -0.3 is 9.47 Å². The number of nitrogens with zero attached hydrogens (tertiary/aromatic N) is 2. The summed E-state index contributed by atoms with van der Waals surface area (Å²) < 4.78 is 10.8. The SMILES string of the molecule is COc1ccc(CN2CCN([C@@H]3C[C@H]4CC[C@@H]3C4)CC2)c(OC)c1. The minimum Gasteiger partial charge on any atom is -0.497 e. The molecule has 1 aliphatic heterocycles. The fourth-order valence-electron chi connectivity index (χ4n) is 5.13. The molecule has 2 aliphatic carbocycles. The molecule has 1 heterocycles. The third-order valence-corrected chi connectivity index (χ3v) is 6.46. The van der Waals surface area contributed by atoms with E-state index in [9.17, 15) is 0 Å². The van der Waals surface area contributed by atoms with Gasteiger partial charge in [0.1, 0.15) is 11.5 Å². The Morgan fingerprint density at radius 2 is 1.83 bits per heavy atom. The van der Waals surface area contributed by atoms with E-state index in [-0.39, 0.29) is 0 Å². The topological polar surface area (TPSA) is 24.9 Å². The van der Waals surface area contributed by atoms with Crippen molar-refractivity contribution < 1.29 is 9.47 Å². The molecular weight excluding hydrogens is 300 g/mol. The summed E-state index contributed by atoms with van der Waals surface area (Å²) in [5, 5.41) is 0. The molecule has 4 heteroatoms. The Labute approximate surface area is 145 Å². The summed E-state index contributed by atoms with van der Waals surface area (Å²) in [6.07, 6.45) is 5.96. The molecule has 0 unspecified atom stereocenters. The lowest BCUT2D eigenvalue weighted by atomic mass is 9.93. The molecule has 0 amide bonds. The molecule has 1 aromatic rings. The number of methoxy groups -OCH3 is 2. The summed E-state index contributed by atoms with van der Waals surface area (Å²) in [5.41, 5.74) is 1.26. The van der Waals surface area contributed by atoms with Gasteiger partial charge in [-0.15, -0.1) is 0 Å². The van der Waals surface area contributed by atoms with Crippen LogP contribution in [0.3, 0.4) is 0 Å². The van der Waals surface area contributed by atoms with Crippen molar-refractivity contribution in [2.24, 2.45) is 11.8 Å². The van der Waals surface area contributed by atoms with E-state index in [1.807, 2.05) is 12.1 Å². The van der Waals surface area contributed by atoms with Gasteiger partial charge in [-0.25, -0.2) is 0 Å². The zero-order valence-corrected chi connectivity index (χ0v) is 15.0. The van der Waals surface area contributed by atoms with Gasteiger partial charge in [-0.05, 0) is 37.2 Å². The highest BCUT2D eigenvalue weighted by Crippen LogP contribution is 2.46. The van der Waals surface area contributed by atoms with Crippen molar-refractivity contribution >= 4 is 0 Å². The van der Waals surface area contributed by atoms with E-state index in [2.05, 4.69) is 15.9 Å². The molecule has 4 nitrogen and oxygen atoms in total. The van der Waals surface area contributed by atoms with E-state index < -0.39 is 0 Å². The number of fused-ring (bicyclic) bond motifs is 2. The van der Waals surface area contributed by atoms with Gasteiger partial charge >= 0.3 is 0 Å². The van der Waals surface area contributed by atoms with E-state index in [0.717, 1.165) is 35.9 Å². The van der Waals surface area contributed by atoms with Crippen LogP contribution in [0.25, 0.3) is 0 Å². The van der Waals surface area contributed by atoms with E-state index >= 15 is 0 Å². The molecule has 3 atom stereocenters. The Morgan fingerprint density at radius 3 is 2.46 bits per heavy atom. The highest BCUT2D eigenvalue weighted by Gasteiger charge is 2.42. The van der Waals surface area contributed by atoms with Gasteiger partial charge in [0.05, 0.1) is 14.2 Å². The molecule has 4 rings (SSSR count). The van der Waals surface area contributed by atoms with E-state index in [1.54, 1.807) is 14.2 Å². The fourth-order valence-corrected chi connectivity index (χ4v) is 5.13. The first-order valence-corrected chi connectivity index (χ1v) is 9.44. The molecule has 0 aromatic heterocycles. The van der Waals surface area contributed by atoms with Crippen molar-refractivity contribution in [2.45, 2.75) is 38.3 Å². The van der Waals surface area contributed by atoms with Gasteiger partial charge in [0.15, 0.2) is 0 Å². The van der Waals surface area contributed by atoms with Crippen molar-refractivity contribution in [2.75, 3.05) is 40.4 Å². The molecule has 1 saturated heterocycles. The van der Waals surface area contributed by atoms with Crippen LogP contribution in [0, 0.1) is 11.8 Å². The largest absolute Gasteiger partial charge is 0.497 e. The van der Waals surface area contributed by atoms with E-state index in [1.165, 1.54) is 57.4 Å². The molecule has 0 radical (unpaired) electrons. The predicted octanol–water partition coefficient (Wildman–Crippen LogP) is 3.01. The minimum atomic E-state index is 0.858. The maximum Gasteiger partial charge on any atom is 0.127 e. The Hall–Kier alpha value is -1.26. The number of ether oxygens (including phenoxy) is 2. The molecular formula is C20H30N2O2. The summed E-state index contributed by atoms with van der Waals surface area (Å²) in [7, 11) is 3.44. The highest BCUT2D eigenvalue weighted by molar-refractivity contribution is 5.40. The van der Waals surface area contributed by atoms with Crippen molar-refractivity contribution in [1.29, 1.82) is 0 Å². The van der Waals surface area contributed by atoms with Crippen LogP contribution < -0.4 is 9.47 Å². The monoisotopic (exact) mass is 330 g/mol. The van der Waals surface area contributed by atoms with Gasteiger partial charge in [-0.2, -0.15) is 0 Å². The van der Waals surface area contributed by atoms with Crippen LogP contribution in [0.5, 0.6) is 11.5 Å². The second kappa shape index (κ2) is 6.93. The Balaban J connectivity index is 1.33. The normalized spacial score (nSPS) is 30.7. The number of piperazine rings is 1. The first-order valence-electron chi connectivity index (χ1n) is 9.44. The number of rotatable bonds is 5. The highest BCUT2D eigenvalue weighted by atomic mass is 16.5. The first-order chi connectivity index (χ1) is 11.8. The van der Waals surface area contributed by atoms with Crippen LogP contribution in [-0.2, 0) is 6.54 Å². The maximum absolute atomic E-state index is 5.55. The lowest BCUT2D eigenvalue weighted by molar-refractivity contribution is 0.0676. The quantitative estimate of drug-likeness (QED) is 0.828. The Kier molecular flexibility index (Phi) is 4.68. The molecule has 3 aliphatic rings. The van der Waals surface area contributed by atoms with Crippen LogP contribution in [-0.4, -0.2) is 56.2 Å².